The average molecular weight is 449 g/mol. The van der Waals surface area contributed by atoms with Crippen LogP contribution >= 0.6 is 11.6 Å². The number of hydrogen-bond acceptors (Lipinski definition) is 5. The van der Waals surface area contributed by atoms with Gasteiger partial charge in [0.05, 0.1) is 23.9 Å². The molecule has 0 amide bonds. The van der Waals surface area contributed by atoms with E-state index in [1.165, 1.54) is 0 Å². The molecule has 1 N–H and O–H groups in total. The standard InChI is InChI=1S/C25H25ClN4O2/c1-3-30-22-8-6-5-7-21(22)28-25(30)29-27-16-19-11-14-23(24(15-19)31-4-2)32-17-18-9-12-20(26)13-10-18/h5-16H,3-4,17H2,1-2H3,(H,28,29)/b27-16-. The van der Waals surface area contributed by atoms with Crippen LogP contribution in [0.15, 0.2) is 71.8 Å². The molecule has 0 radical (unpaired) electrons. The molecular weight excluding hydrogens is 424 g/mol. The number of hydrogen-bond donors (Lipinski definition) is 1. The molecule has 0 saturated carbocycles. The van der Waals surface area contributed by atoms with Gasteiger partial charge in [0, 0.05) is 11.6 Å². The number of nitrogens with zero attached hydrogens (tertiary/aromatic N) is 3. The van der Waals surface area contributed by atoms with Gasteiger partial charge in [0.2, 0.25) is 5.95 Å². The van der Waals surface area contributed by atoms with Gasteiger partial charge in [-0.15, -0.1) is 0 Å². The molecule has 32 heavy (non-hydrogen) atoms. The topological polar surface area (TPSA) is 60.7 Å². The molecule has 1 aromatic heterocycles. The van der Waals surface area contributed by atoms with E-state index in [4.69, 9.17) is 21.1 Å². The molecule has 7 heteroatoms. The Bertz CT molecular complexity index is 1220. The molecule has 0 unspecified atom stereocenters. The number of anilines is 1. The van der Waals surface area contributed by atoms with E-state index in [-0.39, 0.29) is 0 Å². The van der Waals surface area contributed by atoms with Gasteiger partial charge in [-0.25, -0.2) is 10.4 Å². The Hall–Kier alpha value is -3.51. The van der Waals surface area contributed by atoms with Gasteiger partial charge in [-0.05, 0) is 67.4 Å². The Labute approximate surface area is 192 Å². The molecule has 0 spiro atoms. The van der Waals surface area contributed by atoms with E-state index in [0.29, 0.717) is 35.7 Å². The lowest BCUT2D eigenvalue weighted by atomic mass is 10.2. The van der Waals surface area contributed by atoms with Crippen molar-refractivity contribution in [2.75, 3.05) is 12.0 Å². The smallest absolute Gasteiger partial charge is 0.224 e. The van der Waals surface area contributed by atoms with Crippen molar-refractivity contribution in [1.29, 1.82) is 0 Å². The zero-order chi connectivity index (χ0) is 22.3. The highest BCUT2D eigenvalue weighted by Crippen LogP contribution is 2.29. The van der Waals surface area contributed by atoms with Crippen LogP contribution in [0.2, 0.25) is 5.02 Å². The molecule has 0 saturated heterocycles. The SMILES string of the molecule is CCOc1cc(/C=N\Nc2nc3ccccc3n2CC)ccc1OCc1ccc(Cl)cc1. The molecule has 3 aromatic carbocycles. The van der Waals surface area contributed by atoms with E-state index in [1.807, 2.05) is 67.6 Å². The quantitative estimate of drug-likeness (QED) is 0.247. The van der Waals surface area contributed by atoms with Crippen LogP contribution in [0.4, 0.5) is 5.95 Å². The molecule has 0 fully saturated rings. The van der Waals surface area contributed by atoms with Crippen LogP contribution in [0.25, 0.3) is 11.0 Å². The van der Waals surface area contributed by atoms with Crippen molar-refractivity contribution in [3.63, 3.8) is 0 Å². The maximum atomic E-state index is 5.97. The Balaban J connectivity index is 1.47. The number of rotatable bonds is 9. The van der Waals surface area contributed by atoms with Crippen LogP contribution < -0.4 is 14.9 Å². The van der Waals surface area contributed by atoms with E-state index < -0.39 is 0 Å². The van der Waals surface area contributed by atoms with Crippen molar-refractivity contribution in [1.82, 2.24) is 9.55 Å². The first-order valence-corrected chi connectivity index (χ1v) is 10.9. The number of fused-ring (bicyclic) bond motifs is 1. The molecule has 0 atom stereocenters. The van der Waals surface area contributed by atoms with Crippen molar-refractivity contribution in [2.24, 2.45) is 5.10 Å². The maximum absolute atomic E-state index is 5.97. The number of aryl methyl sites for hydroxylation is 1. The molecule has 4 rings (SSSR count). The fourth-order valence-corrected chi connectivity index (χ4v) is 3.51. The van der Waals surface area contributed by atoms with Gasteiger partial charge in [0.15, 0.2) is 11.5 Å². The summed E-state index contributed by atoms with van der Waals surface area (Å²) in [6.45, 7) is 5.79. The molecule has 0 aliphatic rings. The third kappa shape index (κ3) is 5.03. The highest BCUT2D eigenvalue weighted by Gasteiger charge is 2.09. The van der Waals surface area contributed by atoms with Crippen LogP contribution in [0, 0.1) is 0 Å². The van der Waals surface area contributed by atoms with Gasteiger partial charge >= 0.3 is 0 Å². The summed E-state index contributed by atoms with van der Waals surface area (Å²) in [6, 6.07) is 21.4. The lowest BCUT2D eigenvalue weighted by Crippen LogP contribution is -2.02. The Morgan fingerprint density at radius 1 is 1.00 bits per heavy atom. The summed E-state index contributed by atoms with van der Waals surface area (Å²) in [7, 11) is 0. The first-order valence-electron chi connectivity index (χ1n) is 10.6. The van der Waals surface area contributed by atoms with Crippen molar-refractivity contribution in [3.8, 4) is 11.5 Å². The van der Waals surface area contributed by atoms with Gasteiger partial charge in [0.25, 0.3) is 0 Å². The van der Waals surface area contributed by atoms with Crippen molar-refractivity contribution < 1.29 is 9.47 Å². The molecule has 164 valence electrons. The highest BCUT2D eigenvalue weighted by atomic mass is 35.5. The first kappa shape index (κ1) is 21.7. The predicted molar refractivity (Wildman–Crippen MR) is 130 cm³/mol. The molecule has 0 aliphatic carbocycles. The second kappa shape index (κ2) is 10.2. The normalized spacial score (nSPS) is 11.2. The second-order valence-corrected chi connectivity index (χ2v) is 7.53. The number of benzene rings is 3. The van der Waals surface area contributed by atoms with Gasteiger partial charge in [-0.1, -0.05) is 35.9 Å². The fraction of sp³-hybridized carbons (Fsp3) is 0.200. The Morgan fingerprint density at radius 2 is 1.81 bits per heavy atom. The molecule has 0 aliphatic heterocycles. The summed E-state index contributed by atoms with van der Waals surface area (Å²) in [5.74, 6) is 2.06. The van der Waals surface area contributed by atoms with E-state index in [9.17, 15) is 0 Å². The second-order valence-electron chi connectivity index (χ2n) is 7.09. The third-order valence-electron chi connectivity index (χ3n) is 4.92. The monoisotopic (exact) mass is 448 g/mol. The minimum atomic E-state index is 0.430. The summed E-state index contributed by atoms with van der Waals surface area (Å²) in [5, 5.41) is 5.09. The van der Waals surface area contributed by atoms with Crippen molar-refractivity contribution in [3.05, 3.63) is 82.9 Å². The van der Waals surface area contributed by atoms with Gasteiger partial charge < -0.3 is 14.0 Å². The lowest BCUT2D eigenvalue weighted by molar-refractivity contribution is 0.269. The summed E-state index contributed by atoms with van der Waals surface area (Å²) < 4.78 is 13.8. The average Bonchev–Trinajstić information content (AvgIpc) is 3.17. The lowest BCUT2D eigenvalue weighted by Gasteiger charge is -2.12. The fourth-order valence-electron chi connectivity index (χ4n) is 3.38. The van der Waals surface area contributed by atoms with Crippen LogP contribution in [0.3, 0.4) is 0 Å². The van der Waals surface area contributed by atoms with Gasteiger partial charge in [-0.2, -0.15) is 5.10 Å². The highest BCUT2D eigenvalue weighted by molar-refractivity contribution is 6.30. The van der Waals surface area contributed by atoms with E-state index in [1.54, 1.807) is 6.21 Å². The number of halogens is 1. The van der Waals surface area contributed by atoms with Crippen molar-refractivity contribution in [2.45, 2.75) is 27.0 Å². The van der Waals surface area contributed by atoms with E-state index >= 15 is 0 Å². The molecular formula is C25H25ClN4O2. The van der Waals surface area contributed by atoms with E-state index in [2.05, 4.69) is 33.1 Å². The number of para-hydroxylation sites is 2. The summed E-state index contributed by atoms with van der Waals surface area (Å²) in [4.78, 5) is 4.62. The van der Waals surface area contributed by atoms with E-state index in [0.717, 1.165) is 28.7 Å². The van der Waals surface area contributed by atoms with Crippen LogP contribution in [0.5, 0.6) is 11.5 Å². The van der Waals surface area contributed by atoms with Gasteiger partial charge in [0.1, 0.15) is 6.61 Å². The summed E-state index contributed by atoms with van der Waals surface area (Å²) in [5.41, 5.74) is 6.99. The molecule has 1 heterocycles. The Kier molecular flexibility index (Phi) is 6.92. The van der Waals surface area contributed by atoms with Crippen LogP contribution in [-0.2, 0) is 13.2 Å². The maximum Gasteiger partial charge on any atom is 0.224 e. The largest absolute Gasteiger partial charge is 0.490 e. The number of ether oxygens (including phenoxy) is 2. The van der Waals surface area contributed by atoms with Gasteiger partial charge in [-0.3, -0.25) is 0 Å². The predicted octanol–water partition coefficient (Wildman–Crippen LogP) is 6.13. The number of hydrazone groups is 1. The zero-order valence-electron chi connectivity index (χ0n) is 18.1. The minimum Gasteiger partial charge on any atom is -0.490 e. The molecule has 0 bridgehead atoms. The Morgan fingerprint density at radius 3 is 2.59 bits per heavy atom. The third-order valence-corrected chi connectivity index (χ3v) is 5.18. The number of aromatic nitrogens is 2. The molecule has 6 nitrogen and oxygen atoms in total. The minimum absolute atomic E-state index is 0.430. The zero-order valence-corrected chi connectivity index (χ0v) is 18.8. The summed E-state index contributed by atoms with van der Waals surface area (Å²) >= 11 is 5.95. The number of nitrogens with one attached hydrogen (secondary N) is 1. The number of imidazole rings is 1. The van der Waals surface area contributed by atoms with Crippen LogP contribution in [0.1, 0.15) is 25.0 Å². The van der Waals surface area contributed by atoms with Crippen molar-refractivity contribution >= 4 is 34.8 Å². The van der Waals surface area contributed by atoms with Crippen LogP contribution in [-0.4, -0.2) is 22.4 Å². The molecule has 4 aromatic rings. The summed E-state index contributed by atoms with van der Waals surface area (Å²) in [6.07, 6.45) is 1.74. The first-order chi connectivity index (χ1) is 15.7.